The second kappa shape index (κ2) is 9.05. The van der Waals surface area contributed by atoms with Gasteiger partial charge < -0.3 is 10.6 Å². The van der Waals surface area contributed by atoms with Gasteiger partial charge >= 0.3 is 0 Å². The molecule has 0 saturated heterocycles. The summed E-state index contributed by atoms with van der Waals surface area (Å²) >= 11 is 12.2. The highest BCUT2D eigenvalue weighted by atomic mass is 35.5. The fourth-order valence-electron chi connectivity index (χ4n) is 3.25. The van der Waals surface area contributed by atoms with E-state index in [1.807, 2.05) is 0 Å². The van der Waals surface area contributed by atoms with Crippen LogP contribution in [-0.2, 0) is 9.59 Å². The van der Waals surface area contributed by atoms with E-state index in [0.717, 1.165) is 11.6 Å². The Bertz CT molecular complexity index is 1320. The molecule has 0 bridgehead atoms. The van der Waals surface area contributed by atoms with Gasteiger partial charge in [0, 0.05) is 22.0 Å². The number of carbonyl (C=O) groups is 3. The van der Waals surface area contributed by atoms with Crippen LogP contribution in [0.4, 0.5) is 21.5 Å². The number of nitrogens with one attached hydrogen (secondary N) is 2. The minimum Gasteiger partial charge on any atom is -0.350 e. The zero-order chi connectivity index (χ0) is 23.7. The molecule has 6 nitrogen and oxygen atoms in total. The lowest BCUT2D eigenvalue weighted by Crippen LogP contribution is -2.33. The van der Waals surface area contributed by atoms with Gasteiger partial charge in [0.15, 0.2) is 0 Å². The molecule has 0 atom stereocenters. The maximum Gasteiger partial charge on any atom is 0.283 e. The van der Waals surface area contributed by atoms with Crippen molar-refractivity contribution >= 4 is 58.0 Å². The molecule has 0 unspecified atom stereocenters. The highest BCUT2D eigenvalue weighted by Gasteiger charge is 2.40. The Labute approximate surface area is 198 Å². The molecule has 1 heterocycles. The van der Waals surface area contributed by atoms with Crippen molar-refractivity contribution in [1.82, 2.24) is 0 Å². The van der Waals surface area contributed by atoms with Crippen LogP contribution < -0.4 is 15.5 Å². The summed E-state index contributed by atoms with van der Waals surface area (Å²) in [5.41, 5.74) is 1.74. The van der Waals surface area contributed by atoms with E-state index in [9.17, 15) is 18.8 Å². The minimum atomic E-state index is -0.831. The number of para-hydroxylation sites is 1. The summed E-state index contributed by atoms with van der Waals surface area (Å²) in [6, 6.07) is 16.8. The zero-order valence-electron chi connectivity index (χ0n) is 17.2. The van der Waals surface area contributed by atoms with Crippen LogP contribution in [0.2, 0.25) is 5.02 Å². The first-order chi connectivity index (χ1) is 15.8. The van der Waals surface area contributed by atoms with Crippen LogP contribution in [0.1, 0.15) is 15.9 Å². The maximum absolute atomic E-state index is 14.1. The van der Waals surface area contributed by atoms with Crippen LogP contribution in [0.5, 0.6) is 0 Å². The molecular formula is C24H16Cl2FN3O3. The topological polar surface area (TPSA) is 78.5 Å². The van der Waals surface area contributed by atoms with Gasteiger partial charge in [-0.15, -0.1) is 0 Å². The maximum atomic E-state index is 14.1. The fraction of sp³-hybridized carbons (Fsp3) is 0.0417. The zero-order valence-corrected chi connectivity index (χ0v) is 18.7. The van der Waals surface area contributed by atoms with E-state index >= 15 is 0 Å². The number of hydrogen-bond acceptors (Lipinski definition) is 4. The van der Waals surface area contributed by atoms with Crippen molar-refractivity contribution in [1.29, 1.82) is 0 Å². The molecule has 1 aliphatic heterocycles. The number of carbonyl (C=O) groups excluding carboxylic acids is 3. The van der Waals surface area contributed by atoms with Gasteiger partial charge in [-0.3, -0.25) is 14.4 Å². The Morgan fingerprint density at radius 1 is 0.909 bits per heavy atom. The average Bonchev–Trinajstić information content (AvgIpc) is 3.01. The number of rotatable bonds is 5. The van der Waals surface area contributed by atoms with Crippen LogP contribution in [0.15, 0.2) is 77.5 Å². The summed E-state index contributed by atoms with van der Waals surface area (Å²) in [5, 5.41) is 5.76. The molecule has 3 aromatic carbocycles. The first-order valence-corrected chi connectivity index (χ1v) is 10.5. The predicted octanol–water partition coefficient (Wildman–Crippen LogP) is 5.48. The second-order valence-corrected chi connectivity index (χ2v) is 7.94. The van der Waals surface area contributed by atoms with Crippen LogP contribution in [-0.4, -0.2) is 17.7 Å². The first kappa shape index (κ1) is 22.5. The molecule has 166 valence electrons. The van der Waals surface area contributed by atoms with Crippen LogP contribution in [0, 0.1) is 12.7 Å². The van der Waals surface area contributed by atoms with Crippen molar-refractivity contribution in [3.05, 3.63) is 99.4 Å². The number of imide groups is 1. The highest BCUT2D eigenvalue weighted by Crippen LogP contribution is 2.31. The third-order valence-electron chi connectivity index (χ3n) is 5.05. The van der Waals surface area contributed by atoms with Crippen LogP contribution in [0.3, 0.4) is 0 Å². The summed E-state index contributed by atoms with van der Waals surface area (Å²) in [4.78, 5) is 38.5. The van der Waals surface area contributed by atoms with Gasteiger partial charge in [-0.2, -0.15) is 0 Å². The smallest absolute Gasteiger partial charge is 0.283 e. The molecule has 3 amide bonds. The molecule has 3 aromatic rings. The number of nitrogens with zero attached hydrogens (tertiary/aromatic N) is 1. The number of anilines is 3. The quantitative estimate of drug-likeness (QED) is 0.471. The van der Waals surface area contributed by atoms with E-state index in [1.165, 1.54) is 18.2 Å². The van der Waals surface area contributed by atoms with Gasteiger partial charge in [-0.05, 0) is 61.0 Å². The standard InChI is InChI=1S/C24H16Cl2FN3O3/c1-13-16(25)5-4-7-18(13)29-22(31)14-9-11-15(12-10-14)28-21-20(26)23(32)30(24(21)33)19-8-3-2-6-17(19)27/h2-12,28H,1H3,(H,29,31). The molecule has 0 radical (unpaired) electrons. The Morgan fingerprint density at radius 3 is 2.30 bits per heavy atom. The Hall–Kier alpha value is -3.68. The summed E-state index contributed by atoms with van der Waals surface area (Å²) < 4.78 is 14.1. The van der Waals surface area contributed by atoms with Crippen molar-refractivity contribution < 1.29 is 18.8 Å². The third-order valence-corrected chi connectivity index (χ3v) is 5.81. The predicted molar refractivity (Wildman–Crippen MR) is 126 cm³/mol. The second-order valence-electron chi connectivity index (χ2n) is 7.15. The number of hydrogen-bond donors (Lipinski definition) is 2. The lowest BCUT2D eigenvalue weighted by atomic mass is 10.1. The lowest BCUT2D eigenvalue weighted by Gasteiger charge is -2.15. The summed E-state index contributed by atoms with van der Waals surface area (Å²) in [6.07, 6.45) is 0. The van der Waals surface area contributed by atoms with Gasteiger partial charge in [0.1, 0.15) is 16.5 Å². The van der Waals surface area contributed by atoms with Gasteiger partial charge in [0.25, 0.3) is 17.7 Å². The third kappa shape index (κ3) is 4.33. The van der Waals surface area contributed by atoms with Crippen LogP contribution in [0.25, 0.3) is 0 Å². The Balaban J connectivity index is 1.50. The fourth-order valence-corrected chi connectivity index (χ4v) is 3.64. The lowest BCUT2D eigenvalue weighted by molar-refractivity contribution is -0.120. The van der Waals surface area contributed by atoms with E-state index in [0.29, 0.717) is 26.9 Å². The first-order valence-electron chi connectivity index (χ1n) is 9.74. The number of halogens is 3. The average molecular weight is 484 g/mol. The summed E-state index contributed by atoms with van der Waals surface area (Å²) in [6.45, 7) is 1.80. The number of benzene rings is 3. The van der Waals surface area contributed by atoms with Crippen molar-refractivity contribution in [2.75, 3.05) is 15.5 Å². The minimum absolute atomic E-state index is 0.184. The molecule has 33 heavy (non-hydrogen) atoms. The molecule has 0 fully saturated rings. The van der Waals surface area contributed by atoms with Gasteiger partial charge in [-0.25, -0.2) is 9.29 Å². The van der Waals surface area contributed by atoms with Crippen LogP contribution >= 0.6 is 23.2 Å². The van der Waals surface area contributed by atoms with Gasteiger partial charge in [0.2, 0.25) is 0 Å². The van der Waals surface area contributed by atoms with E-state index < -0.39 is 17.6 Å². The van der Waals surface area contributed by atoms with Gasteiger partial charge in [-0.1, -0.05) is 41.4 Å². The number of amides is 3. The van der Waals surface area contributed by atoms with Crippen molar-refractivity contribution in [2.24, 2.45) is 0 Å². The largest absolute Gasteiger partial charge is 0.350 e. The van der Waals surface area contributed by atoms with E-state index in [1.54, 1.807) is 49.4 Å². The Kier molecular flexibility index (Phi) is 6.18. The Morgan fingerprint density at radius 2 is 1.61 bits per heavy atom. The van der Waals surface area contributed by atoms with Crippen molar-refractivity contribution in [3.63, 3.8) is 0 Å². The summed E-state index contributed by atoms with van der Waals surface area (Å²) in [5.74, 6) is -2.69. The monoisotopic (exact) mass is 483 g/mol. The molecule has 0 spiro atoms. The van der Waals surface area contributed by atoms with E-state index in [2.05, 4.69) is 10.6 Å². The highest BCUT2D eigenvalue weighted by molar-refractivity contribution is 6.53. The molecular weight excluding hydrogens is 468 g/mol. The van der Waals surface area contributed by atoms with E-state index in [-0.39, 0.29) is 22.3 Å². The van der Waals surface area contributed by atoms with Crippen molar-refractivity contribution in [2.45, 2.75) is 6.92 Å². The molecule has 2 N–H and O–H groups in total. The molecule has 0 aliphatic carbocycles. The van der Waals surface area contributed by atoms with E-state index in [4.69, 9.17) is 23.2 Å². The van der Waals surface area contributed by atoms with Gasteiger partial charge in [0.05, 0.1) is 5.69 Å². The molecule has 1 aliphatic rings. The molecule has 9 heteroatoms. The molecule has 0 aromatic heterocycles. The molecule has 4 rings (SSSR count). The normalized spacial score (nSPS) is 13.5. The van der Waals surface area contributed by atoms with Crippen molar-refractivity contribution in [3.8, 4) is 0 Å². The summed E-state index contributed by atoms with van der Waals surface area (Å²) in [7, 11) is 0. The SMILES string of the molecule is Cc1c(Cl)cccc1NC(=O)c1ccc(NC2=C(Cl)C(=O)N(c3ccccc3F)C2=O)cc1. The molecule has 0 saturated carbocycles.